The largest absolute Gasteiger partial charge is 0.497 e. The van der Waals surface area contributed by atoms with Crippen molar-refractivity contribution in [3.8, 4) is 56.6 Å². The summed E-state index contributed by atoms with van der Waals surface area (Å²) >= 11 is 0. The summed E-state index contributed by atoms with van der Waals surface area (Å²) in [5.74, 6) is 3.12. The van der Waals surface area contributed by atoms with Crippen LogP contribution in [0.5, 0.6) is 23.0 Å². The molecule has 9 nitrogen and oxygen atoms in total. The standard InChI is InChI=1S/C56H43N5O4/c1-62-45-13-17-53-49(32-45)50-33-46(63-2)14-18-54(50)60(53)43-29-42(30-44(31-43)61-55-19-15-47(64-3)34-51(55)52-35-48(65-4)16-20-56(52)61)59(40-9-5-36(6-10-40)38-21-25-57-26-22-38)41-11-7-37(8-12-41)39-23-27-58-28-24-39/h5-35H,1-4H3. The van der Waals surface area contributed by atoms with E-state index in [9.17, 15) is 0 Å². The minimum Gasteiger partial charge on any atom is -0.497 e. The van der Waals surface area contributed by atoms with Gasteiger partial charge in [-0.05, 0) is 162 Å². The van der Waals surface area contributed by atoms with E-state index in [1.807, 2.05) is 73.3 Å². The van der Waals surface area contributed by atoms with Gasteiger partial charge in [0.1, 0.15) is 23.0 Å². The Morgan fingerprint density at radius 2 is 0.631 bits per heavy atom. The van der Waals surface area contributed by atoms with Crippen LogP contribution in [0.2, 0.25) is 0 Å². The zero-order chi connectivity index (χ0) is 44.0. The highest BCUT2D eigenvalue weighted by Crippen LogP contribution is 2.44. The molecule has 0 unspecified atom stereocenters. The van der Waals surface area contributed by atoms with Crippen molar-refractivity contribution >= 4 is 60.7 Å². The number of ether oxygens (including phenoxy) is 4. The molecule has 0 bridgehead atoms. The van der Waals surface area contributed by atoms with Gasteiger partial charge in [0.05, 0.1) is 67.6 Å². The molecule has 0 aliphatic rings. The van der Waals surface area contributed by atoms with E-state index in [2.05, 4.69) is 139 Å². The maximum Gasteiger partial charge on any atom is 0.119 e. The zero-order valence-corrected chi connectivity index (χ0v) is 36.3. The molecule has 0 aliphatic heterocycles. The summed E-state index contributed by atoms with van der Waals surface area (Å²) in [5.41, 5.74) is 13.4. The number of aromatic nitrogens is 4. The van der Waals surface area contributed by atoms with E-state index in [0.29, 0.717) is 0 Å². The Morgan fingerprint density at radius 3 is 0.938 bits per heavy atom. The third-order valence-corrected chi connectivity index (χ3v) is 12.3. The Hall–Kier alpha value is -8.56. The first kappa shape index (κ1) is 39.3. The van der Waals surface area contributed by atoms with Gasteiger partial charge < -0.3 is 33.0 Å². The second-order valence-corrected chi connectivity index (χ2v) is 15.8. The summed E-state index contributed by atoms with van der Waals surface area (Å²) in [6.45, 7) is 0. The predicted octanol–water partition coefficient (Wildman–Crippen LogP) is 13.5. The number of rotatable bonds is 11. The van der Waals surface area contributed by atoms with Crippen molar-refractivity contribution in [1.29, 1.82) is 0 Å². The van der Waals surface area contributed by atoms with Crippen molar-refractivity contribution in [1.82, 2.24) is 19.1 Å². The van der Waals surface area contributed by atoms with Gasteiger partial charge in [0.2, 0.25) is 0 Å². The van der Waals surface area contributed by atoms with Crippen LogP contribution in [-0.2, 0) is 0 Å². The van der Waals surface area contributed by atoms with Gasteiger partial charge in [-0.3, -0.25) is 9.97 Å². The van der Waals surface area contributed by atoms with Crippen LogP contribution in [-0.4, -0.2) is 47.5 Å². The Kier molecular flexibility index (Phi) is 9.85. The van der Waals surface area contributed by atoms with E-state index in [1.54, 1.807) is 28.4 Å². The van der Waals surface area contributed by atoms with Crippen molar-refractivity contribution in [2.75, 3.05) is 33.3 Å². The Labute approximate surface area is 375 Å². The smallest absolute Gasteiger partial charge is 0.119 e. The van der Waals surface area contributed by atoms with Crippen LogP contribution in [0.3, 0.4) is 0 Å². The molecule has 4 aromatic heterocycles. The summed E-state index contributed by atoms with van der Waals surface area (Å²) in [5, 5.41) is 4.21. The van der Waals surface area contributed by atoms with E-state index in [4.69, 9.17) is 18.9 Å². The Morgan fingerprint density at radius 1 is 0.323 bits per heavy atom. The predicted molar refractivity (Wildman–Crippen MR) is 262 cm³/mol. The molecule has 0 fully saturated rings. The molecule has 0 spiro atoms. The van der Waals surface area contributed by atoms with Crippen molar-refractivity contribution < 1.29 is 18.9 Å². The zero-order valence-electron chi connectivity index (χ0n) is 36.3. The number of nitrogens with zero attached hydrogens (tertiary/aromatic N) is 5. The van der Waals surface area contributed by atoms with Gasteiger partial charge in [0, 0.05) is 57.7 Å². The maximum atomic E-state index is 5.77. The lowest BCUT2D eigenvalue weighted by atomic mass is 10.0. The van der Waals surface area contributed by atoms with Gasteiger partial charge in [0.15, 0.2) is 0 Å². The van der Waals surface area contributed by atoms with E-state index in [-0.39, 0.29) is 0 Å². The molecular weight excluding hydrogens is 807 g/mol. The summed E-state index contributed by atoms with van der Waals surface area (Å²) in [7, 11) is 6.81. The molecule has 0 saturated heterocycles. The first-order valence-corrected chi connectivity index (χ1v) is 21.3. The monoisotopic (exact) mass is 849 g/mol. The Bertz CT molecular complexity index is 3180. The highest BCUT2D eigenvalue weighted by atomic mass is 16.5. The number of methoxy groups -OCH3 is 4. The minimum atomic E-state index is 0.779. The lowest BCUT2D eigenvalue weighted by Gasteiger charge is -2.28. The van der Waals surface area contributed by atoms with Crippen LogP contribution < -0.4 is 23.8 Å². The highest BCUT2D eigenvalue weighted by Gasteiger charge is 2.22. The fourth-order valence-corrected chi connectivity index (χ4v) is 9.14. The average molecular weight is 850 g/mol. The number of pyridine rings is 2. The second-order valence-electron chi connectivity index (χ2n) is 15.8. The quantitative estimate of drug-likeness (QED) is 0.128. The van der Waals surface area contributed by atoms with Gasteiger partial charge >= 0.3 is 0 Å². The lowest BCUT2D eigenvalue weighted by molar-refractivity contribution is 0.415. The minimum absolute atomic E-state index is 0.779. The van der Waals surface area contributed by atoms with Crippen molar-refractivity contribution in [3.05, 3.63) is 189 Å². The van der Waals surface area contributed by atoms with Crippen LogP contribution in [0.25, 0.3) is 77.2 Å². The molecule has 11 aromatic rings. The lowest BCUT2D eigenvalue weighted by Crippen LogP contribution is -2.12. The first-order chi connectivity index (χ1) is 32.0. The molecule has 9 heteroatoms. The van der Waals surface area contributed by atoms with Crippen molar-refractivity contribution in [3.63, 3.8) is 0 Å². The summed E-state index contributed by atoms with van der Waals surface area (Å²) in [6, 6.07) is 57.5. The molecule has 0 aliphatic carbocycles. The molecule has 11 rings (SSSR count). The fourth-order valence-electron chi connectivity index (χ4n) is 9.14. The van der Waals surface area contributed by atoms with Crippen LogP contribution in [0.1, 0.15) is 0 Å². The van der Waals surface area contributed by atoms with Gasteiger partial charge in [0.25, 0.3) is 0 Å². The molecular formula is C56H43N5O4. The summed E-state index contributed by atoms with van der Waals surface area (Å²) in [4.78, 5) is 10.8. The van der Waals surface area contributed by atoms with E-state index < -0.39 is 0 Å². The molecule has 0 N–H and O–H groups in total. The topological polar surface area (TPSA) is 75.8 Å². The van der Waals surface area contributed by atoms with Crippen molar-refractivity contribution in [2.24, 2.45) is 0 Å². The van der Waals surface area contributed by atoms with Crippen LogP contribution >= 0.6 is 0 Å². The average Bonchev–Trinajstić information content (AvgIpc) is 3.88. The number of hydrogen-bond donors (Lipinski definition) is 0. The molecule has 0 amide bonds. The first-order valence-electron chi connectivity index (χ1n) is 21.3. The van der Waals surface area contributed by atoms with Gasteiger partial charge in [-0.2, -0.15) is 0 Å². The van der Waals surface area contributed by atoms with E-state index in [0.717, 1.165) is 117 Å². The number of hydrogen-bond acceptors (Lipinski definition) is 7. The van der Waals surface area contributed by atoms with E-state index >= 15 is 0 Å². The number of benzene rings is 7. The second kappa shape index (κ2) is 16.3. The molecule has 0 radical (unpaired) electrons. The molecule has 7 aromatic carbocycles. The fraction of sp³-hybridized carbons (Fsp3) is 0.0714. The van der Waals surface area contributed by atoms with Gasteiger partial charge in [-0.25, -0.2) is 0 Å². The van der Waals surface area contributed by atoms with Gasteiger partial charge in [-0.1, -0.05) is 24.3 Å². The van der Waals surface area contributed by atoms with E-state index in [1.165, 1.54) is 0 Å². The van der Waals surface area contributed by atoms with Crippen LogP contribution in [0.4, 0.5) is 17.1 Å². The summed E-state index contributed by atoms with van der Waals surface area (Å²) < 4.78 is 27.8. The summed E-state index contributed by atoms with van der Waals surface area (Å²) in [6.07, 6.45) is 7.31. The third kappa shape index (κ3) is 6.90. The molecule has 65 heavy (non-hydrogen) atoms. The number of anilines is 3. The molecule has 316 valence electrons. The molecule has 0 saturated carbocycles. The Balaban J connectivity index is 1.21. The molecule has 0 atom stereocenters. The van der Waals surface area contributed by atoms with Crippen molar-refractivity contribution in [2.45, 2.75) is 0 Å². The van der Waals surface area contributed by atoms with Crippen LogP contribution in [0, 0.1) is 0 Å². The normalized spacial score (nSPS) is 11.4. The SMILES string of the molecule is COc1ccc2c(c1)c1cc(OC)ccc1n2-c1cc(N(c2ccc(-c3ccncc3)cc2)c2ccc(-c3ccncc3)cc2)cc(-n2c3ccc(OC)cc3c3cc(OC)ccc32)c1. The molecule has 4 heterocycles. The maximum absolute atomic E-state index is 5.77. The third-order valence-electron chi connectivity index (χ3n) is 12.3. The van der Waals surface area contributed by atoms with Crippen LogP contribution in [0.15, 0.2) is 189 Å². The highest BCUT2D eigenvalue weighted by molar-refractivity contribution is 6.12. The number of fused-ring (bicyclic) bond motifs is 6. The van der Waals surface area contributed by atoms with Gasteiger partial charge in [-0.15, -0.1) is 0 Å².